The van der Waals surface area contributed by atoms with E-state index in [1.165, 1.54) is 11.3 Å². The van der Waals surface area contributed by atoms with Gasteiger partial charge in [-0.05, 0) is 43.7 Å². The second-order valence-corrected chi connectivity index (χ2v) is 6.65. The number of esters is 1. The van der Waals surface area contributed by atoms with Gasteiger partial charge in [-0.2, -0.15) is 0 Å². The first-order chi connectivity index (χ1) is 11.9. The third kappa shape index (κ3) is 4.96. The first-order valence-corrected chi connectivity index (χ1v) is 8.52. The van der Waals surface area contributed by atoms with Crippen molar-refractivity contribution in [3.63, 3.8) is 0 Å². The number of benzene rings is 1. The van der Waals surface area contributed by atoms with Crippen LogP contribution >= 0.6 is 11.3 Å². The molecule has 0 bridgehead atoms. The molecule has 0 radical (unpaired) electrons. The van der Waals surface area contributed by atoms with Crippen LogP contribution in [0.1, 0.15) is 27.0 Å². The molecule has 1 unspecified atom stereocenters. The van der Waals surface area contributed by atoms with E-state index in [1.54, 1.807) is 39.3 Å². The largest absolute Gasteiger partial charge is 0.493 e. The summed E-state index contributed by atoms with van der Waals surface area (Å²) in [5, 5.41) is 2.74. The number of aryl methyl sites for hydroxylation is 1. The van der Waals surface area contributed by atoms with E-state index in [0.717, 1.165) is 10.4 Å². The molecule has 0 saturated carbocycles. The average Bonchev–Trinajstić information content (AvgIpc) is 3.05. The number of carbonyl (C=O) groups is 2. The van der Waals surface area contributed by atoms with Crippen molar-refractivity contribution < 1.29 is 23.8 Å². The summed E-state index contributed by atoms with van der Waals surface area (Å²) in [5.74, 6) is 0.344. The van der Waals surface area contributed by atoms with Gasteiger partial charge in [0.05, 0.1) is 14.2 Å². The van der Waals surface area contributed by atoms with Gasteiger partial charge < -0.3 is 19.5 Å². The zero-order valence-electron chi connectivity index (χ0n) is 14.6. The fourth-order valence-electron chi connectivity index (χ4n) is 2.14. The van der Waals surface area contributed by atoms with E-state index in [0.29, 0.717) is 22.9 Å². The van der Waals surface area contributed by atoms with Gasteiger partial charge in [0.1, 0.15) is 4.88 Å². The van der Waals surface area contributed by atoms with E-state index >= 15 is 0 Å². The maximum Gasteiger partial charge on any atom is 0.349 e. The number of amides is 1. The maximum atomic E-state index is 12.1. The number of ether oxygens (including phenoxy) is 3. The van der Waals surface area contributed by atoms with Gasteiger partial charge in [0.2, 0.25) is 0 Å². The van der Waals surface area contributed by atoms with E-state index in [-0.39, 0.29) is 5.91 Å². The number of hydrogen-bond donors (Lipinski definition) is 1. The van der Waals surface area contributed by atoms with Gasteiger partial charge in [0, 0.05) is 11.4 Å². The van der Waals surface area contributed by atoms with Crippen molar-refractivity contribution in [1.82, 2.24) is 5.32 Å². The zero-order valence-corrected chi connectivity index (χ0v) is 15.4. The molecule has 2 rings (SSSR count). The van der Waals surface area contributed by atoms with E-state index in [9.17, 15) is 9.59 Å². The predicted octanol–water partition coefficient (Wildman–Crippen LogP) is 2.94. The van der Waals surface area contributed by atoms with Crippen molar-refractivity contribution in [2.45, 2.75) is 26.5 Å². The molecule has 0 spiro atoms. The summed E-state index contributed by atoms with van der Waals surface area (Å²) in [6, 6.07) is 8.90. The molecule has 1 aromatic carbocycles. The third-order valence-corrected chi connectivity index (χ3v) is 4.49. The first kappa shape index (κ1) is 18.8. The standard InChI is InChI=1S/C18H21NO5S/c1-11-5-8-16(25-11)18(21)24-12(2)17(20)19-10-13-6-7-14(22-3)15(9-13)23-4/h5-9,12H,10H2,1-4H3,(H,19,20). The maximum absolute atomic E-state index is 12.1. The number of rotatable bonds is 7. The van der Waals surface area contributed by atoms with Gasteiger partial charge >= 0.3 is 5.97 Å². The summed E-state index contributed by atoms with van der Waals surface area (Å²) in [6.45, 7) is 3.74. The molecule has 7 heteroatoms. The third-order valence-electron chi connectivity index (χ3n) is 3.51. The second-order valence-electron chi connectivity index (χ2n) is 5.36. The molecule has 0 aliphatic rings. The Kier molecular flexibility index (Phi) is 6.41. The van der Waals surface area contributed by atoms with E-state index in [2.05, 4.69) is 5.32 Å². The number of nitrogens with one attached hydrogen (secondary N) is 1. The van der Waals surface area contributed by atoms with Crippen molar-refractivity contribution in [3.8, 4) is 11.5 Å². The van der Waals surface area contributed by atoms with E-state index in [1.807, 2.05) is 19.1 Å². The van der Waals surface area contributed by atoms with Crippen LogP contribution in [0.2, 0.25) is 0 Å². The molecule has 0 saturated heterocycles. The summed E-state index contributed by atoms with van der Waals surface area (Å²) in [7, 11) is 3.11. The normalized spacial score (nSPS) is 11.5. The van der Waals surface area contributed by atoms with Crippen LogP contribution in [0.25, 0.3) is 0 Å². The molecule has 1 aromatic heterocycles. The van der Waals surface area contributed by atoms with Gasteiger partial charge in [-0.1, -0.05) is 6.07 Å². The van der Waals surface area contributed by atoms with Crippen LogP contribution in [0, 0.1) is 6.92 Å². The lowest BCUT2D eigenvalue weighted by Crippen LogP contribution is -2.35. The molecule has 1 heterocycles. The summed E-state index contributed by atoms with van der Waals surface area (Å²) in [5.41, 5.74) is 0.846. The molecular weight excluding hydrogens is 342 g/mol. The molecule has 2 aromatic rings. The van der Waals surface area contributed by atoms with Gasteiger partial charge in [-0.15, -0.1) is 11.3 Å². The van der Waals surface area contributed by atoms with E-state index in [4.69, 9.17) is 14.2 Å². The highest BCUT2D eigenvalue weighted by Gasteiger charge is 2.19. The first-order valence-electron chi connectivity index (χ1n) is 7.70. The van der Waals surface area contributed by atoms with Crippen LogP contribution in [0.15, 0.2) is 30.3 Å². The highest BCUT2D eigenvalue weighted by atomic mass is 32.1. The van der Waals surface area contributed by atoms with Crippen molar-refractivity contribution in [3.05, 3.63) is 45.6 Å². The number of thiophene rings is 1. The van der Waals surface area contributed by atoms with Crippen LogP contribution < -0.4 is 14.8 Å². The highest BCUT2D eigenvalue weighted by molar-refractivity contribution is 7.13. The molecule has 0 aliphatic carbocycles. The number of carbonyl (C=O) groups excluding carboxylic acids is 2. The minimum Gasteiger partial charge on any atom is -0.493 e. The Morgan fingerprint density at radius 1 is 1.12 bits per heavy atom. The van der Waals surface area contributed by atoms with Crippen LogP contribution in [-0.4, -0.2) is 32.2 Å². The van der Waals surface area contributed by atoms with Crippen LogP contribution in [0.4, 0.5) is 0 Å². The highest BCUT2D eigenvalue weighted by Crippen LogP contribution is 2.27. The molecular formula is C18H21NO5S. The molecule has 0 aliphatic heterocycles. The Bertz CT molecular complexity index is 756. The minimum atomic E-state index is -0.880. The smallest absolute Gasteiger partial charge is 0.349 e. The molecule has 6 nitrogen and oxygen atoms in total. The number of hydrogen-bond acceptors (Lipinski definition) is 6. The van der Waals surface area contributed by atoms with Gasteiger partial charge in [0.25, 0.3) is 5.91 Å². The lowest BCUT2D eigenvalue weighted by atomic mass is 10.2. The zero-order chi connectivity index (χ0) is 18.4. The average molecular weight is 363 g/mol. The second kappa shape index (κ2) is 8.53. The van der Waals surface area contributed by atoms with Crippen molar-refractivity contribution in [2.24, 2.45) is 0 Å². The van der Waals surface area contributed by atoms with Crippen molar-refractivity contribution in [2.75, 3.05) is 14.2 Å². The van der Waals surface area contributed by atoms with Crippen molar-refractivity contribution in [1.29, 1.82) is 0 Å². The summed E-state index contributed by atoms with van der Waals surface area (Å²) < 4.78 is 15.6. The predicted molar refractivity (Wildman–Crippen MR) is 95.3 cm³/mol. The lowest BCUT2D eigenvalue weighted by Gasteiger charge is -2.14. The van der Waals surface area contributed by atoms with Crippen molar-refractivity contribution >= 4 is 23.2 Å². The quantitative estimate of drug-likeness (QED) is 0.766. The Morgan fingerprint density at radius 3 is 2.44 bits per heavy atom. The Labute approximate surface area is 150 Å². The fourth-order valence-corrected chi connectivity index (χ4v) is 2.89. The van der Waals surface area contributed by atoms with E-state index < -0.39 is 12.1 Å². The van der Waals surface area contributed by atoms with Crippen LogP contribution in [0.5, 0.6) is 11.5 Å². The SMILES string of the molecule is COc1ccc(CNC(=O)C(C)OC(=O)c2ccc(C)s2)cc1OC. The molecule has 134 valence electrons. The Balaban J connectivity index is 1.90. The summed E-state index contributed by atoms with van der Waals surface area (Å²) in [4.78, 5) is 25.6. The van der Waals surface area contributed by atoms with Gasteiger partial charge in [-0.25, -0.2) is 4.79 Å². The summed E-state index contributed by atoms with van der Waals surface area (Å²) in [6.07, 6.45) is -0.880. The molecule has 0 fully saturated rings. The molecule has 1 atom stereocenters. The fraction of sp³-hybridized carbons (Fsp3) is 0.333. The Morgan fingerprint density at radius 2 is 1.84 bits per heavy atom. The summed E-state index contributed by atoms with van der Waals surface area (Å²) >= 11 is 1.34. The molecule has 25 heavy (non-hydrogen) atoms. The van der Waals surface area contributed by atoms with Gasteiger partial charge in [0.15, 0.2) is 17.6 Å². The molecule has 1 N–H and O–H groups in total. The topological polar surface area (TPSA) is 73.9 Å². The minimum absolute atomic E-state index is 0.291. The monoisotopic (exact) mass is 363 g/mol. The number of methoxy groups -OCH3 is 2. The van der Waals surface area contributed by atoms with Crippen LogP contribution in [0.3, 0.4) is 0 Å². The molecule has 1 amide bonds. The lowest BCUT2D eigenvalue weighted by molar-refractivity contribution is -0.129. The van der Waals surface area contributed by atoms with Crippen LogP contribution in [-0.2, 0) is 16.1 Å². The van der Waals surface area contributed by atoms with Gasteiger partial charge in [-0.3, -0.25) is 4.79 Å². The Hall–Kier alpha value is -2.54.